The number of amides is 1. The lowest BCUT2D eigenvalue weighted by molar-refractivity contribution is -0.116. The fourth-order valence-corrected chi connectivity index (χ4v) is 2.02. The number of rotatable bonds is 5. The summed E-state index contributed by atoms with van der Waals surface area (Å²) >= 11 is 11.8. The van der Waals surface area contributed by atoms with Gasteiger partial charge in [0.1, 0.15) is 0 Å². The number of anilines is 1. The standard InChI is InChI=1S/C13H15Cl2NO3/c1-7(2)3-4-11(17)16-12-9(14)5-8(13(18)19)6-10(12)15/h5-7H,3-4H2,1-2H3,(H,16,17)(H,18,19). The maximum Gasteiger partial charge on any atom is 0.335 e. The molecule has 0 saturated carbocycles. The molecule has 0 unspecified atom stereocenters. The van der Waals surface area contributed by atoms with Gasteiger partial charge in [-0.05, 0) is 24.5 Å². The van der Waals surface area contributed by atoms with E-state index < -0.39 is 5.97 Å². The van der Waals surface area contributed by atoms with Crippen LogP contribution >= 0.6 is 23.2 Å². The molecule has 0 fully saturated rings. The molecule has 0 aliphatic rings. The van der Waals surface area contributed by atoms with Crippen LogP contribution in [0.5, 0.6) is 0 Å². The summed E-state index contributed by atoms with van der Waals surface area (Å²) in [4.78, 5) is 22.5. The molecule has 1 aromatic carbocycles. The number of hydrogen-bond acceptors (Lipinski definition) is 2. The maximum absolute atomic E-state index is 11.7. The quantitative estimate of drug-likeness (QED) is 0.862. The van der Waals surface area contributed by atoms with E-state index in [1.54, 1.807) is 0 Å². The zero-order valence-electron chi connectivity index (χ0n) is 10.7. The van der Waals surface area contributed by atoms with Gasteiger partial charge < -0.3 is 10.4 Å². The lowest BCUT2D eigenvalue weighted by Crippen LogP contribution is -2.13. The SMILES string of the molecule is CC(C)CCC(=O)Nc1c(Cl)cc(C(=O)O)cc1Cl. The first kappa shape index (κ1) is 15.8. The zero-order chi connectivity index (χ0) is 14.6. The van der Waals surface area contributed by atoms with E-state index in [1.165, 1.54) is 12.1 Å². The molecular formula is C13H15Cl2NO3. The van der Waals surface area contributed by atoms with E-state index >= 15 is 0 Å². The first-order valence-electron chi connectivity index (χ1n) is 5.83. The fourth-order valence-electron chi connectivity index (χ4n) is 1.44. The van der Waals surface area contributed by atoms with Crippen molar-refractivity contribution >= 4 is 40.8 Å². The van der Waals surface area contributed by atoms with Crippen LogP contribution in [-0.4, -0.2) is 17.0 Å². The van der Waals surface area contributed by atoms with Crippen LogP contribution < -0.4 is 5.32 Å². The van der Waals surface area contributed by atoms with Crippen molar-refractivity contribution in [3.63, 3.8) is 0 Å². The van der Waals surface area contributed by atoms with Gasteiger partial charge in [0, 0.05) is 6.42 Å². The van der Waals surface area contributed by atoms with E-state index in [4.69, 9.17) is 28.3 Å². The molecule has 0 aliphatic heterocycles. The monoisotopic (exact) mass is 303 g/mol. The third kappa shape index (κ3) is 4.73. The van der Waals surface area contributed by atoms with Crippen molar-refractivity contribution in [2.45, 2.75) is 26.7 Å². The summed E-state index contributed by atoms with van der Waals surface area (Å²) in [6.45, 7) is 4.05. The molecule has 1 amide bonds. The Hall–Kier alpha value is -1.26. The molecule has 19 heavy (non-hydrogen) atoms. The Morgan fingerprint density at radius 2 is 1.79 bits per heavy atom. The smallest absolute Gasteiger partial charge is 0.335 e. The first-order chi connectivity index (χ1) is 8.81. The molecule has 1 aromatic rings. The number of hydrogen-bond donors (Lipinski definition) is 2. The summed E-state index contributed by atoms with van der Waals surface area (Å²) in [7, 11) is 0. The second-order valence-electron chi connectivity index (χ2n) is 4.60. The minimum absolute atomic E-state index is 0.0184. The summed E-state index contributed by atoms with van der Waals surface area (Å²) < 4.78 is 0. The Bertz CT molecular complexity index is 478. The minimum atomic E-state index is -1.12. The lowest BCUT2D eigenvalue weighted by atomic mass is 10.1. The van der Waals surface area contributed by atoms with Crippen LogP contribution in [0, 0.1) is 5.92 Å². The highest BCUT2D eigenvalue weighted by Gasteiger charge is 2.14. The topological polar surface area (TPSA) is 66.4 Å². The molecular weight excluding hydrogens is 289 g/mol. The number of carbonyl (C=O) groups excluding carboxylic acids is 1. The van der Waals surface area contributed by atoms with Gasteiger partial charge in [0.15, 0.2) is 0 Å². The van der Waals surface area contributed by atoms with Gasteiger partial charge in [-0.1, -0.05) is 37.0 Å². The van der Waals surface area contributed by atoms with E-state index in [0.717, 1.165) is 6.42 Å². The average Bonchev–Trinajstić information content (AvgIpc) is 2.30. The Morgan fingerprint density at radius 3 is 2.21 bits per heavy atom. The molecule has 0 spiro atoms. The van der Waals surface area contributed by atoms with Crippen LogP contribution in [0.3, 0.4) is 0 Å². The van der Waals surface area contributed by atoms with Crippen molar-refractivity contribution in [2.75, 3.05) is 5.32 Å². The summed E-state index contributed by atoms with van der Waals surface area (Å²) in [5.41, 5.74) is 0.234. The predicted molar refractivity (Wildman–Crippen MR) is 76.1 cm³/mol. The largest absolute Gasteiger partial charge is 0.478 e. The average molecular weight is 304 g/mol. The molecule has 0 bridgehead atoms. The molecule has 0 radical (unpaired) electrons. The number of aromatic carboxylic acids is 1. The summed E-state index contributed by atoms with van der Waals surface area (Å²) in [5.74, 6) is -0.895. The molecule has 0 aliphatic carbocycles. The molecule has 0 heterocycles. The molecule has 0 atom stereocenters. The number of nitrogens with one attached hydrogen (secondary N) is 1. The summed E-state index contributed by atoms with van der Waals surface area (Å²) in [6, 6.07) is 2.52. The third-order valence-corrected chi connectivity index (χ3v) is 3.10. The Balaban J connectivity index is 2.84. The first-order valence-corrected chi connectivity index (χ1v) is 6.59. The van der Waals surface area contributed by atoms with Crippen LogP contribution in [0.1, 0.15) is 37.0 Å². The van der Waals surface area contributed by atoms with Gasteiger partial charge in [-0.15, -0.1) is 0 Å². The molecule has 4 nitrogen and oxygen atoms in total. The van der Waals surface area contributed by atoms with E-state index in [0.29, 0.717) is 12.3 Å². The van der Waals surface area contributed by atoms with Crippen LogP contribution in [-0.2, 0) is 4.79 Å². The van der Waals surface area contributed by atoms with Crippen molar-refractivity contribution in [1.29, 1.82) is 0 Å². The van der Waals surface area contributed by atoms with Crippen LogP contribution in [0.15, 0.2) is 12.1 Å². The highest BCUT2D eigenvalue weighted by Crippen LogP contribution is 2.32. The predicted octanol–water partition coefficient (Wildman–Crippen LogP) is 4.07. The van der Waals surface area contributed by atoms with E-state index in [2.05, 4.69) is 5.32 Å². The van der Waals surface area contributed by atoms with Gasteiger partial charge in [0.2, 0.25) is 5.91 Å². The highest BCUT2D eigenvalue weighted by molar-refractivity contribution is 6.40. The number of halogens is 2. The third-order valence-electron chi connectivity index (χ3n) is 2.50. The van der Waals surface area contributed by atoms with Crippen LogP contribution in [0.2, 0.25) is 10.0 Å². The van der Waals surface area contributed by atoms with Crippen molar-refractivity contribution in [3.05, 3.63) is 27.7 Å². The van der Waals surface area contributed by atoms with Gasteiger partial charge in [-0.3, -0.25) is 4.79 Å². The molecule has 0 aromatic heterocycles. The van der Waals surface area contributed by atoms with Gasteiger partial charge >= 0.3 is 5.97 Å². The number of carboxylic acids is 1. The van der Waals surface area contributed by atoms with Crippen molar-refractivity contribution in [3.8, 4) is 0 Å². The maximum atomic E-state index is 11.7. The summed E-state index contributed by atoms with van der Waals surface area (Å²) in [5, 5.41) is 11.7. The second kappa shape index (κ2) is 6.78. The fraction of sp³-hybridized carbons (Fsp3) is 0.385. The number of carbonyl (C=O) groups is 2. The van der Waals surface area contributed by atoms with E-state index in [-0.39, 0.29) is 27.2 Å². The van der Waals surface area contributed by atoms with Gasteiger partial charge in [-0.2, -0.15) is 0 Å². The van der Waals surface area contributed by atoms with Gasteiger partial charge in [-0.25, -0.2) is 4.79 Å². The van der Waals surface area contributed by atoms with Crippen molar-refractivity contribution in [2.24, 2.45) is 5.92 Å². The molecule has 104 valence electrons. The van der Waals surface area contributed by atoms with Gasteiger partial charge in [0.05, 0.1) is 21.3 Å². The Kier molecular flexibility index (Phi) is 5.63. The normalized spacial score (nSPS) is 10.6. The van der Waals surface area contributed by atoms with Crippen molar-refractivity contribution in [1.82, 2.24) is 0 Å². The lowest BCUT2D eigenvalue weighted by Gasteiger charge is -2.11. The van der Waals surface area contributed by atoms with E-state index in [9.17, 15) is 9.59 Å². The van der Waals surface area contributed by atoms with Gasteiger partial charge in [0.25, 0.3) is 0 Å². The van der Waals surface area contributed by atoms with Crippen LogP contribution in [0.25, 0.3) is 0 Å². The minimum Gasteiger partial charge on any atom is -0.478 e. The molecule has 0 saturated heterocycles. The Labute approximate surface area is 121 Å². The second-order valence-corrected chi connectivity index (χ2v) is 5.42. The highest BCUT2D eigenvalue weighted by atomic mass is 35.5. The summed E-state index contributed by atoms with van der Waals surface area (Å²) in [6.07, 6.45) is 1.12. The zero-order valence-corrected chi connectivity index (χ0v) is 12.2. The number of carboxylic acid groups (broad SMARTS) is 1. The molecule has 1 rings (SSSR count). The van der Waals surface area contributed by atoms with Crippen molar-refractivity contribution < 1.29 is 14.7 Å². The molecule has 2 N–H and O–H groups in total. The molecule has 6 heteroatoms. The van der Waals surface area contributed by atoms with E-state index in [1.807, 2.05) is 13.8 Å². The van der Waals surface area contributed by atoms with Crippen LogP contribution in [0.4, 0.5) is 5.69 Å². The Morgan fingerprint density at radius 1 is 1.26 bits per heavy atom. The number of benzene rings is 1.